The Morgan fingerprint density at radius 3 is 2.46 bits per heavy atom. The highest BCUT2D eigenvalue weighted by Crippen LogP contribution is 2.39. The van der Waals surface area contributed by atoms with E-state index in [-0.39, 0.29) is 11.0 Å². The predicted molar refractivity (Wildman–Crippen MR) is 102 cm³/mol. The molecule has 0 aromatic heterocycles. The van der Waals surface area contributed by atoms with Gasteiger partial charge in [0.2, 0.25) is 0 Å². The van der Waals surface area contributed by atoms with Gasteiger partial charge in [-0.1, -0.05) is 29.3 Å². The third-order valence-electron chi connectivity index (χ3n) is 4.26. The zero-order valence-corrected chi connectivity index (χ0v) is 16.4. The lowest BCUT2D eigenvalue weighted by atomic mass is 9.74. The van der Waals surface area contributed by atoms with Gasteiger partial charge in [0, 0.05) is 47.8 Å². The van der Waals surface area contributed by atoms with Gasteiger partial charge in [-0.05, 0) is 51.3 Å². The molecule has 1 aliphatic heterocycles. The second kappa shape index (κ2) is 7.94. The molecular formula is C18H27Cl2N3O. The van der Waals surface area contributed by atoms with Gasteiger partial charge in [0.1, 0.15) is 0 Å². The molecule has 24 heavy (non-hydrogen) atoms. The van der Waals surface area contributed by atoms with Crippen LogP contribution in [0.4, 0.5) is 0 Å². The summed E-state index contributed by atoms with van der Waals surface area (Å²) in [5.74, 6) is 0.790. The van der Waals surface area contributed by atoms with Crippen LogP contribution in [0.3, 0.4) is 0 Å². The monoisotopic (exact) mass is 371 g/mol. The summed E-state index contributed by atoms with van der Waals surface area (Å²) < 4.78 is 5.58. The van der Waals surface area contributed by atoms with E-state index in [1.807, 2.05) is 18.2 Å². The largest absolute Gasteiger partial charge is 0.381 e. The molecule has 134 valence electrons. The highest BCUT2D eigenvalue weighted by atomic mass is 35.5. The zero-order valence-electron chi connectivity index (χ0n) is 14.9. The lowest BCUT2D eigenvalue weighted by Crippen LogP contribution is -2.52. The van der Waals surface area contributed by atoms with Crippen molar-refractivity contribution in [1.29, 1.82) is 0 Å². The van der Waals surface area contributed by atoms with Crippen LogP contribution in [0.2, 0.25) is 10.0 Å². The first-order valence-electron chi connectivity index (χ1n) is 8.28. The van der Waals surface area contributed by atoms with Crippen molar-refractivity contribution >= 4 is 29.2 Å². The SMILES string of the molecule is CN=C(NCC1(c2ccc(Cl)cc2Cl)CCOCC1)NC(C)(C)C. The van der Waals surface area contributed by atoms with Crippen molar-refractivity contribution in [2.75, 3.05) is 26.8 Å². The number of hydrogen-bond acceptors (Lipinski definition) is 2. The van der Waals surface area contributed by atoms with E-state index in [1.165, 1.54) is 0 Å². The van der Waals surface area contributed by atoms with Gasteiger partial charge >= 0.3 is 0 Å². The molecule has 1 saturated heterocycles. The van der Waals surface area contributed by atoms with Crippen molar-refractivity contribution in [1.82, 2.24) is 10.6 Å². The first-order chi connectivity index (χ1) is 11.3. The van der Waals surface area contributed by atoms with Crippen molar-refractivity contribution < 1.29 is 4.74 Å². The van der Waals surface area contributed by atoms with Gasteiger partial charge in [-0.25, -0.2) is 0 Å². The second-order valence-electron chi connectivity index (χ2n) is 7.32. The summed E-state index contributed by atoms with van der Waals surface area (Å²) >= 11 is 12.6. The first-order valence-corrected chi connectivity index (χ1v) is 9.03. The Kier molecular flexibility index (Phi) is 6.40. The molecule has 0 spiro atoms. The number of aliphatic imine (C=N–C) groups is 1. The number of nitrogens with one attached hydrogen (secondary N) is 2. The van der Waals surface area contributed by atoms with Gasteiger partial charge in [-0.2, -0.15) is 0 Å². The summed E-state index contributed by atoms with van der Waals surface area (Å²) in [7, 11) is 1.78. The zero-order chi connectivity index (χ0) is 17.8. The summed E-state index contributed by atoms with van der Waals surface area (Å²) in [6.45, 7) is 8.53. The maximum Gasteiger partial charge on any atom is 0.191 e. The summed E-state index contributed by atoms with van der Waals surface area (Å²) in [5, 5.41) is 8.23. The molecule has 0 unspecified atom stereocenters. The minimum absolute atomic E-state index is 0.0530. The maximum absolute atomic E-state index is 6.51. The molecule has 2 N–H and O–H groups in total. The van der Waals surface area contributed by atoms with Crippen LogP contribution in [0.15, 0.2) is 23.2 Å². The lowest BCUT2D eigenvalue weighted by molar-refractivity contribution is 0.0514. The van der Waals surface area contributed by atoms with E-state index in [1.54, 1.807) is 7.05 Å². The normalized spacial score (nSPS) is 18.3. The van der Waals surface area contributed by atoms with E-state index in [9.17, 15) is 0 Å². The average molecular weight is 372 g/mol. The molecule has 1 heterocycles. The summed E-state index contributed by atoms with van der Waals surface area (Å²) in [6, 6.07) is 5.76. The van der Waals surface area contributed by atoms with E-state index < -0.39 is 0 Å². The van der Waals surface area contributed by atoms with Crippen molar-refractivity contribution in [2.24, 2.45) is 4.99 Å². The van der Waals surface area contributed by atoms with Gasteiger partial charge in [0.05, 0.1) is 0 Å². The number of guanidine groups is 1. The number of nitrogens with zero attached hydrogens (tertiary/aromatic N) is 1. The second-order valence-corrected chi connectivity index (χ2v) is 8.16. The van der Waals surface area contributed by atoms with Gasteiger partial charge in [0.25, 0.3) is 0 Å². The van der Waals surface area contributed by atoms with Crippen LogP contribution in [0, 0.1) is 0 Å². The van der Waals surface area contributed by atoms with E-state index in [0.29, 0.717) is 10.0 Å². The maximum atomic E-state index is 6.51. The molecule has 1 aliphatic rings. The van der Waals surface area contributed by atoms with Crippen LogP contribution in [0.25, 0.3) is 0 Å². The minimum Gasteiger partial charge on any atom is -0.381 e. The van der Waals surface area contributed by atoms with Gasteiger partial charge in [0.15, 0.2) is 5.96 Å². The summed E-state index contributed by atoms with van der Waals surface area (Å²) in [6.07, 6.45) is 1.82. The molecule has 1 aromatic carbocycles. The number of hydrogen-bond donors (Lipinski definition) is 2. The molecule has 0 aliphatic carbocycles. The predicted octanol–water partition coefficient (Wildman–Crippen LogP) is 4.01. The van der Waals surface area contributed by atoms with Gasteiger partial charge in [-0.15, -0.1) is 0 Å². The van der Waals surface area contributed by atoms with E-state index in [4.69, 9.17) is 27.9 Å². The van der Waals surface area contributed by atoms with Crippen molar-refractivity contribution in [2.45, 2.75) is 44.6 Å². The Labute approximate surface area is 155 Å². The number of halogens is 2. The number of rotatable bonds is 3. The van der Waals surface area contributed by atoms with Gasteiger partial charge in [-0.3, -0.25) is 4.99 Å². The quantitative estimate of drug-likeness (QED) is 0.623. The molecule has 0 radical (unpaired) electrons. The standard InChI is InChI=1S/C18H27Cl2N3O/c1-17(2,3)23-16(21-4)22-12-18(7-9-24-10-8-18)14-6-5-13(19)11-15(14)20/h5-6,11H,7-10,12H2,1-4H3,(H2,21,22,23). The van der Waals surface area contributed by atoms with Crippen LogP contribution in [0.5, 0.6) is 0 Å². The highest BCUT2D eigenvalue weighted by molar-refractivity contribution is 6.35. The minimum atomic E-state index is -0.0879. The van der Waals surface area contributed by atoms with Crippen molar-refractivity contribution in [3.05, 3.63) is 33.8 Å². The summed E-state index contributed by atoms with van der Waals surface area (Å²) in [5.41, 5.74) is 0.980. The van der Waals surface area contributed by atoms with Crippen molar-refractivity contribution in [3.63, 3.8) is 0 Å². The third kappa shape index (κ3) is 5.01. The molecule has 1 aromatic rings. The fourth-order valence-corrected chi connectivity index (χ4v) is 3.62. The van der Waals surface area contributed by atoms with Crippen LogP contribution in [-0.4, -0.2) is 38.3 Å². The Morgan fingerprint density at radius 1 is 1.25 bits per heavy atom. The molecule has 1 fully saturated rings. The van der Waals surface area contributed by atoms with E-state index >= 15 is 0 Å². The molecule has 0 amide bonds. The van der Waals surface area contributed by atoms with Crippen LogP contribution < -0.4 is 10.6 Å². The highest BCUT2D eigenvalue weighted by Gasteiger charge is 2.36. The van der Waals surface area contributed by atoms with Crippen molar-refractivity contribution in [3.8, 4) is 0 Å². The average Bonchev–Trinajstić information content (AvgIpc) is 2.51. The topological polar surface area (TPSA) is 45.7 Å². The number of benzene rings is 1. The Balaban J connectivity index is 2.22. The molecule has 4 nitrogen and oxygen atoms in total. The number of ether oxygens (including phenoxy) is 1. The smallest absolute Gasteiger partial charge is 0.191 e. The van der Waals surface area contributed by atoms with Crippen LogP contribution in [0.1, 0.15) is 39.2 Å². The molecule has 6 heteroatoms. The molecule has 0 atom stereocenters. The van der Waals surface area contributed by atoms with E-state index in [0.717, 1.165) is 44.1 Å². The first kappa shape index (κ1) is 19.4. The van der Waals surface area contributed by atoms with Crippen LogP contribution >= 0.6 is 23.2 Å². The molecular weight excluding hydrogens is 345 g/mol. The molecule has 2 rings (SSSR count). The van der Waals surface area contributed by atoms with E-state index in [2.05, 4.69) is 36.4 Å². The Hall–Kier alpha value is -0.970. The van der Waals surface area contributed by atoms with Gasteiger partial charge < -0.3 is 15.4 Å². The third-order valence-corrected chi connectivity index (χ3v) is 4.81. The fraction of sp³-hybridized carbons (Fsp3) is 0.611. The Bertz CT molecular complexity index is 590. The lowest BCUT2D eigenvalue weighted by Gasteiger charge is -2.39. The summed E-state index contributed by atoms with van der Waals surface area (Å²) in [4.78, 5) is 4.33. The molecule has 0 bridgehead atoms. The Morgan fingerprint density at radius 2 is 1.92 bits per heavy atom. The molecule has 0 saturated carbocycles. The fourth-order valence-electron chi connectivity index (χ4n) is 3.01. The van der Waals surface area contributed by atoms with Crippen LogP contribution in [-0.2, 0) is 10.2 Å².